The van der Waals surface area contributed by atoms with E-state index in [-0.39, 0.29) is 0 Å². The summed E-state index contributed by atoms with van der Waals surface area (Å²) in [5, 5.41) is 1.07. The number of fused-ring (bicyclic) bond motifs is 1. The van der Waals surface area contributed by atoms with Crippen LogP contribution in [0.2, 0.25) is 0 Å². The summed E-state index contributed by atoms with van der Waals surface area (Å²) >= 11 is 0. The van der Waals surface area contributed by atoms with Gasteiger partial charge in [0.25, 0.3) is 0 Å². The SMILES string of the molecule is CCc1c(C)nc2c(-c3ccccc3)cccc2c1NN. The summed E-state index contributed by atoms with van der Waals surface area (Å²) < 4.78 is 0. The van der Waals surface area contributed by atoms with Crippen molar-refractivity contribution in [2.75, 3.05) is 5.43 Å². The second-order valence-electron chi connectivity index (χ2n) is 5.12. The Morgan fingerprint density at radius 2 is 1.81 bits per heavy atom. The number of pyridine rings is 1. The smallest absolute Gasteiger partial charge is 0.0804 e. The van der Waals surface area contributed by atoms with E-state index in [1.54, 1.807) is 0 Å². The molecule has 0 bridgehead atoms. The van der Waals surface area contributed by atoms with Crippen molar-refractivity contribution in [1.82, 2.24) is 4.98 Å². The molecule has 0 saturated carbocycles. The molecule has 0 amide bonds. The largest absolute Gasteiger partial charge is 0.323 e. The lowest BCUT2D eigenvalue weighted by Gasteiger charge is -2.15. The molecule has 21 heavy (non-hydrogen) atoms. The third-order valence-electron chi connectivity index (χ3n) is 3.91. The summed E-state index contributed by atoms with van der Waals surface area (Å²) in [5.74, 6) is 5.77. The molecule has 0 fully saturated rings. The van der Waals surface area contributed by atoms with Gasteiger partial charge in [-0.15, -0.1) is 0 Å². The summed E-state index contributed by atoms with van der Waals surface area (Å²) in [6.45, 7) is 4.17. The minimum atomic E-state index is 0.907. The van der Waals surface area contributed by atoms with E-state index in [0.717, 1.165) is 34.3 Å². The van der Waals surface area contributed by atoms with Crippen molar-refractivity contribution in [3.63, 3.8) is 0 Å². The van der Waals surface area contributed by atoms with Crippen LogP contribution < -0.4 is 11.3 Å². The fourth-order valence-electron chi connectivity index (χ4n) is 2.89. The Balaban J connectivity index is 2.37. The van der Waals surface area contributed by atoms with Gasteiger partial charge in [0.2, 0.25) is 0 Å². The Hall–Kier alpha value is -2.39. The van der Waals surface area contributed by atoms with Gasteiger partial charge in [0.15, 0.2) is 0 Å². The third kappa shape index (κ3) is 2.26. The first-order valence-corrected chi connectivity index (χ1v) is 7.20. The van der Waals surface area contributed by atoms with E-state index < -0.39 is 0 Å². The van der Waals surface area contributed by atoms with Crippen molar-refractivity contribution >= 4 is 16.6 Å². The van der Waals surface area contributed by atoms with Crippen molar-refractivity contribution in [3.8, 4) is 11.1 Å². The molecule has 2 aromatic carbocycles. The Morgan fingerprint density at radius 1 is 1.05 bits per heavy atom. The van der Waals surface area contributed by atoms with Gasteiger partial charge in [-0.25, -0.2) is 0 Å². The second-order valence-corrected chi connectivity index (χ2v) is 5.12. The Kier molecular flexibility index (Phi) is 3.59. The van der Waals surface area contributed by atoms with Crippen LogP contribution in [0, 0.1) is 6.92 Å². The number of hydrogen-bond donors (Lipinski definition) is 2. The molecule has 0 atom stereocenters. The van der Waals surface area contributed by atoms with Crippen LogP contribution in [0.1, 0.15) is 18.2 Å². The molecule has 1 heterocycles. The Labute approximate surface area is 124 Å². The number of anilines is 1. The summed E-state index contributed by atoms with van der Waals surface area (Å²) in [6.07, 6.45) is 0.907. The van der Waals surface area contributed by atoms with Crippen molar-refractivity contribution in [3.05, 3.63) is 59.8 Å². The van der Waals surface area contributed by atoms with Crippen LogP contribution in [0.25, 0.3) is 22.0 Å². The molecule has 1 aromatic heterocycles. The quantitative estimate of drug-likeness (QED) is 0.560. The summed E-state index contributed by atoms with van der Waals surface area (Å²) in [7, 11) is 0. The highest BCUT2D eigenvalue weighted by molar-refractivity contribution is 6.01. The normalized spacial score (nSPS) is 10.8. The van der Waals surface area contributed by atoms with Gasteiger partial charge in [-0.05, 0) is 24.5 Å². The molecule has 3 N–H and O–H groups in total. The molecule has 0 unspecified atom stereocenters. The third-order valence-corrected chi connectivity index (χ3v) is 3.91. The highest BCUT2D eigenvalue weighted by atomic mass is 15.2. The summed E-state index contributed by atoms with van der Waals surface area (Å²) in [5.41, 5.74) is 9.35. The summed E-state index contributed by atoms with van der Waals surface area (Å²) in [6, 6.07) is 16.6. The predicted molar refractivity (Wildman–Crippen MR) is 89.1 cm³/mol. The zero-order valence-corrected chi connectivity index (χ0v) is 12.4. The number of hydrogen-bond acceptors (Lipinski definition) is 3. The van der Waals surface area contributed by atoms with Gasteiger partial charge < -0.3 is 5.43 Å². The lowest BCUT2D eigenvalue weighted by molar-refractivity contribution is 1.06. The number of nitrogens with zero attached hydrogens (tertiary/aromatic N) is 1. The van der Waals surface area contributed by atoms with Gasteiger partial charge >= 0.3 is 0 Å². The molecule has 0 spiro atoms. The van der Waals surface area contributed by atoms with E-state index in [0.29, 0.717) is 0 Å². The molecule has 3 rings (SSSR count). The molecule has 0 aliphatic carbocycles. The first-order valence-electron chi connectivity index (χ1n) is 7.20. The van der Waals surface area contributed by atoms with Crippen LogP contribution in [0.5, 0.6) is 0 Å². The van der Waals surface area contributed by atoms with Crippen LogP contribution in [0.15, 0.2) is 48.5 Å². The fourth-order valence-corrected chi connectivity index (χ4v) is 2.89. The van der Waals surface area contributed by atoms with E-state index in [4.69, 9.17) is 10.8 Å². The van der Waals surface area contributed by atoms with E-state index >= 15 is 0 Å². The maximum absolute atomic E-state index is 5.77. The zero-order valence-electron chi connectivity index (χ0n) is 12.4. The van der Waals surface area contributed by atoms with E-state index in [1.165, 1.54) is 11.1 Å². The van der Waals surface area contributed by atoms with Gasteiger partial charge in [0.1, 0.15) is 0 Å². The molecule has 0 radical (unpaired) electrons. The van der Waals surface area contributed by atoms with E-state index in [1.807, 2.05) is 25.1 Å². The number of rotatable bonds is 3. The number of aryl methyl sites for hydroxylation is 1. The first kappa shape index (κ1) is 13.6. The van der Waals surface area contributed by atoms with Crippen molar-refractivity contribution in [2.45, 2.75) is 20.3 Å². The van der Waals surface area contributed by atoms with Gasteiger partial charge in [0.05, 0.1) is 11.2 Å². The van der Waals surface area contributed by atoms with Crippen molar-refractivity contribution < 1.29 is 0 Å². The molecular weight excluding hydrogens is 258 g/mol. The summed E-state index contributed by atoms with van der Waals surface area (Å²) in [4.78, 5) is 4.84. The van der Waals surface area contributed by atoms with E-state index in [9.17, 15) is 0 Å². The number of benzene rings is 2. The minimum Gasteiger partial charge on any atom is -0.323 e. The second kappa shape index (κ2) is 5.54. The number of para-hydroxylation sites is 1. The maximum Gasteiger partial charge on any atom is 0.0804 e. The van der Waals surface area contributed by atoms with Crippen LogP contribution in [-0.2, 0) is 6.42 Å². The Morgan fingerprint density at radius 3 is 2.48 bits per heavy atom. The molecule has 3 aromatic rings. The van der Waals surface area contributed by atoms with E-state index in [2.05, 4.69) is 42.7 Å². The number of nitrogen functional groups attached to an aromatic ring is 1. The highest BCUT2D eigenvalue weighted by Crippen LogP contribution is 2.34. The molecule has 106 valence electrons. The highest BCUT2D eigenvalue weighted by Gasteiger charge is 2.13. The molecule has 0 aliphatic rings. The zero-order chi connectivity index (χ0) is 14.8. The average molecular weight is 277 g/mol. The number of hydrazine groups is 1. The van der Waals surface area contributed by atoms with Gasteiger partial charge in [0, 0.05) is 16.6 Å². The van der Waals surface area contributed by atoms with Crippen molar-refractivity contribution in [1.29, 1.82) is 0 Å². The van der Waals surface area contributed by atoms with Gasteiger partial charge in [-0.2, -0.15) is 0 Å². The molecule has 0 saturated heterocycles. The van der Waals surface area contributed by atoms with Crippen molar-refractivity contribution in [2.24, 2.45) is 5.84 Å². The van der Waals surface area contributed by atoms with Gasteiger partial charge in [-0.1, -0.05) is 55.5 Å². The topological polar surface area (TPSA) is 50.9 Å². The molecular formula is C18H19N3. The number of aromatic nitrogens is 1. The molecule has 3 nitrogen and oxygen atoms in total. The Bertz CT molecular complexity index is 779. The number of nitrogens with one attached hydrogen (secondary N) is 1. The average Bonchev–Trinajstić information content (AvgIpc) is 2.53. The van der Waals surface area contributed by atoms with Gasteiger partial charge in [-0.3, -0.25) is 10.8 Å². The molecule has 0 aliphatic heterocycles. The van der Waals surface area contributed by atoms with Crippen LogP contribution in [-0.4, -0.2) is 4.98 Å². The molecule has 3 heteroatoms. The predicted octanol–water partition coefficient (Wildman–Crippen LogP) is 4.06. The fraction of sp³-hybridized carbons (Fsp3) is 0.167. The lowest BCUT2D eigenvalue weighted by Crippen LogP contribution is -2.11. The first-order chi connectivity index (χ1) is 10.3. The van der Waals surface area contributed by atoms with Crippen LogP contribution >= 0.6 is 0 Å². The standard InChI is InChI=1S/C18H19N3/c1-3-14-12(2)20-17-15(13-8-5-4-6-9-13)10-7-11-16(17)18(14)21-19/h4-11H,3,19H2,1-2H3,(H,20,21). The number of nitrogens with two attached hydrogens (primary N) is 1. The van der Waals surface area contributed by atoms with Crippen LogP contribution in [0.4, 0.5) is 5.69 Å². The maximum atomic E-state index is 5.77. The monoisotopic (exact) mass is 277 g/mol. The van der Waals surface area contributed by atoms with Crippen LogP contribution in [0.3, 0.4) is 0 Å². The lowest BCUT2D eigenvalue weighted by atomic mass is 9.98. The minimum absolute atomic E-state index is 0.907.